The van der Waals surface area contributed by atoms with E-state index in [1.165, 1.54) is 0 Å². The van der Waals surface area contributed by atoms with Gasteiger partial charge in [0.2, 0.25) is 0 Å². The first-order valence-corrected chi connectivity index (χ1v) is 3.05. The van der Waals surface area contributed by atoms with Crippen molar-refractivity contribution in [1.29, 1.82) is 0 Å². The van der Waals surface area contributed by atoms with Crippen molar-refractivity contribution in [2.45, 2.75) is 6.10 Å². The Bertz CT molecular complexity index is 121. The first kappa shape index (κ1) is 6.60. The Kier molecular flexibility index (Phi) is 2.10. The van der Waals surface area contributed by atoms with E-state index in [0.717, 1.165) is 19.6 Å². The minimum atomic E-state index is 0.429. The van der Waals surface area contributed by atoms with Crippen LogP contribution >= 0.6 is 0 Å². The molecule has 1 fully saturated rings. The van der Waals surface area contributed by atoms with Crippen LogP contribution in [0.3, 0.4) is 0 Å². The fraction of sp³-hybridized carbons (Fsp3) is 0.714. The standard InChI is InChI=1S/C7H11NO/c1-3-4-8-5-7(6-8)9-2/h1,7H,4-6H2,2H3. The summed E-state index contributed by atoms with van der Waals surface area (Å²) in [5.74, 6) is 2.58. The van der Waals surface area contributed by atoms with Crippen molar-refractivity contribution >= 4 is 0 Å². The molecule has 1 aliphatic heterocycles. The molecule has 2 heteroatoms. The molecule has 9 heavy (non-hydrogen) atoms. The SMILES string of the molecule is C#CCN1CC(OC)C1. The van der Waals surface area contributed by atoms with Gasteiger partial charge >= 0.3 is 0 Å². The van der Waals surface area contributed by atoms with Gasteiger partial charge in [0.1, 0.15) is 0 Å². The summed E-state index contributed by atoms with van der Waals surface area (Å²) in [4.78, 5) is 2.17. The van der Waals surface area contributed by atoms with E-state index in [2.05, 4.69) is 10.8 Å². The second-order valence-corrected chi connectivity index (χ2v) is 2.26. The van der Waals surface area contributed by atoms with E-state index in [4.69, 9.17) is 11.2 Å². The van der Waals surface area contributed by atoms with Crippen molar-refractivity contribution in [3.05, 3.63) is 0 Å². The van der Waals surface area contributed by atoms with E-state index in [-0.39, 0.29) is 0 Å². The molecular formula is C7H11NO. The molecule has 0 aromatic carbocycles. The first-order valence-electron chi connectivity index (χ1n) is 3.05. The largest absolute Gasteiger partial charge is 0.379 e. The Hall–Kier alpha value is -0.520. The molecule has 0 saturated carbocycles. The van der Waals surface area contributed by atoms with E-state index >= 15 is 0 Å². The molecule has 0 unspecified atom stereocenters. The van der Waals surface area contributed by atoms with Crippen LogP contribution in [-0.2, 0) is 4.74 Å². The average molecular weight is 125 g/mol. The highest BCUT2D eigenvalue weighted by molar-refractivity contribution is 4.93. The minimum Gasteiger partial charge on any atom is -0.379 e. The number of rotatable bonds is 2. The van der Waals surface area contributed by atoms with E-state index < -0.39 is 0 Å². The molecule has 2 nitrogen and oxygen atoms in total. The van der Waals surface area contributed by atoms with Crippen molar-refractivity contribution in [1.82, 2.24) is 4.90 Å². The van der Waals surface area contributed by atoms with Gasteiger partial charge in [-0.3, -0.25) is 4.90 Å². The molecule has 0 bridgehead atoms. The Morgan fingerprint density at radius 2 is 2.44 bits per heavy atom. The maximum atomic E-state index is 5.09. The van der Waals surface area contributed by atoms with Crippen LogP contribution in [0.25, 0.3) is 0 Å². The van der Waals surface area contributed by atoms with Crippen molar-refractivity contribution in [2.75, 3.05) is 26.7 Å². The fourth-order valence-electron chi connectivity index (χ4n) is 0.930. The molecule has 1 rings (SSSR count). The maximum absolute atomic E-state index is 5.09. The molecule has 0 aromatic heterocycles. The van der Waals surface area contributed by atoms with Crippen LogP contribution in [0.15, 0.2) is 0 Å². The van der Waals surface area contributed by atoms with Gasteiger partial charge in [0.05, 0.1) is 12.6 Å². The van der Waals surface area contributed by atoms with Gasteiger partial charge in [-0.25, -0.2) is 0 Å². The number of methoxy groups -OCH3 is 1. The topological polar surface area (TPSA) is 12.5 Å². The average Bonchev–Trinajstić information content (AvgIpc) is 1.77. The molecular weight excluding hydrogens is 114 g/mol. The summed E-state index contributed by atoms with van der Waals surface area (Å²) in [5.41, 5.74) is 0. The molecule has 0 aromatic rings. The normalized spacial score (nSPS) is 20.9. The third kappa shape index (κ3) is 1.44. The predicted molar refractivity (Wildman–Crippen MR) is 36.1 cm³/mol. The van der Waals surface area contributed by atoms with Crippen LogP contribution in [0.2, 0.25) is 0 Å². The van der Waals surface area contributed by atoms with Crippen LogP contribution in [0.4, 0.5) is 0 Å². The van der Waals surface area contributed by atoms with E-state index in [9.17, 15) is 0 Å². The molecule has 1 aliphatic rings. The lowest BCUT2D eigenvalue weighted by Crippen LogP contribution is -2.51. The lowest BCUT2D eigenvalue weighted by atomic mass is 10.2. The molecule has 0 atom stereocenters. The third-order valence-electron chi connectivity index (χ3n) is 1.57. The van der Waals surface area contributed by atoms with Gasteiger partial charge in [-0.15, -0.1) is 6.42 Å². The Morgan fingerprint density at radius 1 is 1.78 bits per heavy atom. The summed E-state index contributed by atoms with van der Waals surface area (Å²) in [6, 6.07) is 0. The molecule has 0 spiro atoms. The quantitative estimate of drug-likeness (QED) is 0.480. The van der Waals surface area contributed by atoms with Crippen molar-refractivity contribution in [2.24, 2.45) is 0 Å². The maximum Gasteiger partial charge on any atom is 0.0825 e. The number of hydrogen-bond donors (Lipinski definition) is 0. The van der Waals surface area contributed by atoms with Gasteiger partial charge in [0, 0.05) is 20.2 Å². The number of terminal acetylenes is 1. The molecule has 0 aliphatic carbocycles. The zero-order chi connectivity index (χ0) is 6.69. The zero-order valence-electron chi connectivity index (χ0n) is 5.63. The summed E-state index contributed by atoms with van der Waals surface area (Å²) >= 11 is 0. The van der Waals surface area contributed by atoms with Gasteiger partial charge in [-0.1, -0.05) is 5.92 Å². The van der Waals surface area contributed by atoms with Crippen molar-refractivity contribution in [3.63, 3.8) is 0 Å². The van der Waals surface area contributed by atoms with Crippen LogP contribution in [0, 0.1) is 12.3 Å². The molecule has 0 N–H and O–H groups in total. The lowest BCUT2D eigenvalue weighted by molar-refractivity contribution is -0.0222. The van der Waals surface area contributed by atoms with E-state index in [1.54, 1.807) is 7.11 Å². The number of likely N-dealkylation sites (tertiary alicyclic amines) is 1. The molecule has 0 amide bonds. The second kappa shape index (κ2) is 2.86. The first-order chi connectivity index (χ1) is 4.36. The predicted octanol–water partition coefficient (Wildman–Crippen LogP) is -0.0498. The molecule has 0 radical (unpaired) electrons. The van der Waals surface area contributed by atoms with Crippen LogP contribution in [-0.4, -0.2) is 37.7 Å². The molecule has 1 heterocycles. The fourth-order valence-corrected chi connectivity index (χ4v) is 0.930. The van der Waals surface area contributed by atoms with E-state index in [0.29, 0.717) is 6.10 Å². The highest BCUT2D eigenvalue weighted by Crippen LogP contribution is 2.08. The number of hydrogen-bond acceptors (Lipinski definition) is 2. The highest BCUT2D eigenvalue weighted by Gasteiger charge is 2.24. The van der Waals surface area contributed by atoms with Gasteiger partial charge in [-0.05, 0) is 0 Å². The van der Waals surface area contributed by atoms with Crippen LogP contribution in [0.1, 0.15) is 0 Å². The van der Waals surface area contributed by atoms with E-state index in [1.807, 2.05) is 0 Å². The van der Waals surface area contributed by atoms with Gasteiger partial charge in [0.15, 0.2) is 0 Å². The Balaban J connectivity index is 2.06. The highest BCUT2D eigenvalue weighted by atomic mass is 16.5. The smallest absolute Gasteiger partial charge is 0.0825 e. The molecule has 50 valence electrons. The summed E-state index contributed by atoms with van der Waals surface area (Å²) in [7, 11) is 1.73. The van der Waals surface area contributed by atoms with Crippen LogP contribution in [0.5, 0.6) is 0 Å². The Morgan fingerprint density at radius 3 is 2.89 bits per heavy atom. The summed E-state index contributed by atoms with van der Waals surface area (Å²) < 4.78 is 5.05. The summed E-state index contributed by atoms with van der Waals surface area (Å²) in [6.45, 7) is 2.77. The number of nitrogens with zero attached hydrogens (tertiary/aromatic N) is 1. The third-order valence-corrected chi connectivity index (χ3v) is 1.57. The molecule has 1 saturated heterocycles. The van der Waals surface area contributed by atoms with Gasteiger partial charge < -0.3 is 4.74 Å². The minimum absolute atomic E-state index is 0.429. The second-order valence-electron chi connectivity index (χ2n) is 2.26. The summed E-state index contributed by atoms with van der Waals surface area (Å²) in [5, 5.41) is 0. The number of ether oxygens (including phenoxy) is 1. The lowest BCUT2D eigenvalue weighted by Gasteiger charge is -2.36. The van der Waals surface area contributed by atoms with Crippen molar-refractivity contribution < 1.29 is 4.74 Å². The van der Waals surface area contributed by atoms with Gasteiger partial charge in [0.25, 0.3) is 0 Å². The van der Waals surface area contributed by atoms with Crippen molar-refractivity contribution in [3.8, 4) is 12.3 Å². The zero-order valence-corrected chi connectivity index (χ0v) is 5.63. The van der Waals surface area contributed by atoms with Crippen LogP contribution < -0.4 is 0 Å². The summed E-state index contributed by atoms with van der Waals surface area (Å²) in [6.07, 6.45) is 5.52. The monoisotopic (exact) mass is 125 g/mol. The Labute approximate surface area is 55.8 Å². The van der Waals surface area contributed by atoms with Gasteiger partial charge in [-0.2, -0.15) is 0 Å².